The Bertz CT molecular complexity index is 522. The maximum Gasteiger partial charge on any atom is 0.137 e. The van der Waals surface area contributed by atoms with Crippen molar-refractivity contribution in [2.75, 3.05) is 52.9 Å². The number of rotatable bonds is 20. The van der Waals surface area contributed by atoms with Crippen molar-refractivity contribution in [3.63, 3.8) is 0 Å². The third-order valence-corrected chi connectivity index (χ3v) is 4.34. The van der Waals surface area contributed by atoms with E-state index < -0.39 is 0 Å². The Labute approximate surface area is 175 Å². The zero-order chi connectivity index (χ0) is 21.2. The molecular formula is C21H39N3O5. The van der Waals surface area contributed by atoms with Gasteiger partial charge in [-0.2, -0.15) is 0 Å². The number of ketones is 1. The molecule has 0 radical (unpaired) electrons. The van der Waals surface area contributed by atoms with Gasteiger partial charge in [0.25, 0.3) is 0 Å². The monoisotopic (exact) mass is 413 g/mol. The van der Waals surface area contributed by atoms with Gasteiger partial charge in [0.15, 0.2) is 0 Å². The van der Waals surface area contributed by atoms with E-state index in [1.165, 1.54) is 19.3 Å². The summed E-state index contributed by atoms with van der Waals surface area (Å²) < 4.78 is 23.6. The smallest absolute Gasteiger partial charge is 0.137 e. The number of nitrogens with zero attached hydrogens (tertiary/aromatic N) is 3. The van der Waals surface area contributed by atoms with Gasteiger partial charge in [0.05, 0.1) is 65.1 Å². The van der Waals surface area contributed by atoms with Gasteiger partial charge in [-0.25, -0.2) is 4.68 Å². The molecule has 0 saturated carbocycles. The molecule has 0 aliphatic carbocycles. The molecule has 0 spiro atoms. The molecule has 0 fully saturated rings. The minimum Gasteiger partial charge on any atom is -0.379 e. The van der Waals surface area contributed by atoms with Gasteiger partial charge in [-0.1, -0.05) is 38.8 Å². The number of hydrogen-bond donors (Lipinski definition) is 0. The van der Waals surface area contributed by atoms with E-state index in [0.29, 0.717) is 65.8 Å². The van der Waals surface area contributed by atoms with Crippen LogP contribution in [0.4, 0.5) is 0 Å². The van der Waals surface area contributed by atoms with Crippen LogP contribution in [0.15, 0.2) is 6.20 Å². The second kappa shape index (κ2) is 17.5. The van der Waals surface area contributed by atoms with Crippen molar-refractivity contribution in [2.45, 2.75) is 59.4 Å². The Morgan fingerprint density at radius 3 is 2.10 bits per heavy atom. The number of hydrogen-bond acceptors (Lipinski definition) is 7. The van der Waals surface area contributed by atoms with Crippen molar-refractivity contribution in [3.8, 4) is 0 Å². The van der Waals surface area contributed by atoms with Crippen LogP contribution in [-0.2, 0) is 36.7 Å². The van der Waals surface area contributed by atoms with Crippen LogP contribution >= 0.6 is 0 Å². The molecule has 1 aromatic heterocycles. The fourth-order valence-corrected chi connectivity index (χ4v) is 2.50. The van der Waals surface area contributed by atoms with Crippen molar-refractivity contribution >= 4 is 5.78 Å². The van der Waals surface area contributed by atoms with Crippen LogP contribution in [0.1, 0.15) is 52.1 Å². The van der Waals surface area contributed by atoms with E-state index in [9.17, 15) is 4.79 Å². The summed E-state index contributed by atoms with van der Waals surface area (Å²) in [6.07, 6.45) is 7.08. The third-order valence-electron chi connectivity index (χ3n) is 4.34. The lowest BCUT2D eigenvalue weighted by Crippen LogP contribution is -2.14. The molecule has 8 heteroatoms. The highest BCUT2D eigenvalue weighted by Gasteiger charge is 2.06. The molecule has 1 aromatic rings. The second-order valence-corrected chi connectivity index (χ2v) is 7.25. The molecule has 0 bridgehead atoms. The van der Waals surface area contributed by atoms with E-state index >= 15 is 0 Å². The first-order chi connectivity index (χ1) is 14.1. The van der Waals surface area contributed by atoms with Gasteiger partial charge in [-0.15, -0.1) is 5.10 Å². The summed E-state index contributed by atoms with van der Waals surface area (Å²) in [5.41, 5.74) is 1.05. The van der Waals surface area contributed by atoms with Crippen LogP contribution in [-0.4, -0.2) is 73.6 Å². The molecule has 1 heterocycles. The average molecular weight is 414 g/mol. The SMILES string of the molecule is CCCCCc1cn(CCOCCOCCOCCOCCC(=O)C(C)C)nn1. The maximum absolute atomic E-state index is 11.4. The Morgan fingerprint density at radius 2 is 1.52 bits per heavy atom. The standard InChI is InChI=1S/C21H39N3O5/c1-4-5-6-7-20-18-24(23-22-20)9-11-27-13-15-29-17-16-28-14-12-26-10-8-21(25)19(2)3/h18-19H,4-17H2,1-3H3. The van der Waals surface area contributed by atoms with Gasteiger partial charge in [0.1, 0.15) is 5.78 Å². The van der Waals surface area contributed by atoms with Gasteiger partial charge in [-0.05, 0) is 12.8 Å². The summed E-state index contributed by atoms with van der Waals surface area (Å²) in [7, 11) is 0. The zero-order valence-corrected chi connectivity index (χ0v) is 18.4. The molecule has 0 aliphatic rings. The summed E-state index contributed by atoms with van der Waals surface area (Å²) >= 11 is 0. The van der Waals surface area contributed by atoms with Crippen LogP contribution in [0, 0.1) is 5.92 Å². The average Bonchev–Trinajstić information content (AvgIpc) is 3.15. The lowest BCUT2D eigenvalue weighted by Gasteiger charge is -2.08. The van der Waals surface area contributed by atoms with Crippen molar-refractivity contribution < 1.29 is 23.7 Å². The number of carbonyl (C=O) groups is 1. The minimum atomic E-state index is 0.0757. The first-order valence-electron chi connectivity index (χ1n) is 10.9. The number of carbonyl (C=O) groups excluding carboxylic acids is 1. The number of ether oxygens (including phenoxy) is 4. The molecule has 0 amide bonds. The van der Waals surface area contributed by atoms with E-state index in [4.69, 9.17) is 18.9 Å². The molecule has 0 saturated heterocycles. The third kappa shape index (κ3) is 14.3. The van der Waals surface area contributed by atoms with Crippen LogP contribution in [0.5, 0.6) is 0 Å². The van der Waals surface area contributed by atoms with Gasteiger partial charge in [-0.3, -0.25) is 4.79 Å². The predicted octanol–water partition coefficient (Wildman–Crippen LogP) is 2.69. The van der Waals surface area contributed by atoms with Crippen LogP contribution < -0.4 is 0 Å². The summed E-state index contributed by atoms with van der Waals surface area (Å²) in [6, 6.07) is 0. The Hall–Kier alpha value is -1.35. The number of aromatic nitrogens is 3. The van der Waals surface area contributed by atoms with E-state index in [1.807, 2.05) is 24.7 Å². The van der Waals surface area contributed by atoms with Crippen LogP contribution in [0.25, 0.3) is 0 Å². The van der Waals surface area contributed by atoms with Crippen LogP contribution in [0.3, 0.4) is 0 Å². The first-order valence-corrected chi connectivity index (χ1v) is 10.9. The molecule has 168 valence electrons. The van der Waals surface area contributed by atoms with Crippen LogP contribution in [0.2, 0.25) is 0 Å². The van der Waals surface area contributed by atoms with Crippen molar-refractivity contribution in [1.29, 1.82) is 0 Å². The summed E-state index contributed by atoms with van der Waals surface area (Å²) in [4.78, 5) is 11.4. The van der Waals surface area contributed by atoms with Crippen molar-refractivity contribution in [3.05, 3.63) is 11.9 Å². The second-order valence-electron chi connectivity index (χ2n) is 7.25. The van der Waals surface area contributed by atoms with E-state index in [1.54, 1.807) is 0 Å². The lowest BCUT2D eigenvalue weighted by atomic mass is 10.1. The summed E-state index contributed by atoms with van der Waals surface area (Å²) in [5.74, 6) is 0.307. The summed E-state index contributed by atoms with van der Waals surface area (Å²) in [5, 5.41) is 8.30. The fourth-order valence-electron chi connectivity index (χ4n) is 2.50. The lowest BCUT2D eigenvalue weighted by molar-refractivity contribution is -0.123. The predicted molar refractivity (Wildman–Crippen MR) is 111 cm³/mol. The molecule has 0 unspecified atom stereocenters. The van der Waals surface area contributed by atoms with E-state index in [-0.39, 0.29) is 11.7 Å². The van der Waals surface area contributed by atoms with Crippen molar-refractivity contribution in [1.82, 2.24) is 15.0 Å². The largest absolute Gasteiger partial charge is 0.379 e. The Morgan fingerprint density at radius 1 is 0.931 bits per heavy atom. The molecule has 0 aromatic carbocycles. The van der Waals surface area contributed by atoms with Gasteiger partial charge >= 0.3 is 0 Å². The maximum atomic E-state index is 11.4. The molecule has 8 nitrogen and oxygen atoms in total. The zero-order valence-electron chi connectivity index (χ0n) is 18.4. The highest BCUT2D eigenvalue weighted by atomic mass is 16.6. The normalized spacial score (nSPS) is 11.4. The Balaban J connectivity index is 1.82. The molecule has 0 aliphatic heterocycles. The molecule has 29 heavy (non-hydrogen) atoms. The molecule has 1 rings (SSSR count). The fraction of sp³-hybridized carbons (Fsp3) is 0.857. The van der Waals surface area contributed by atoms with Crippen molar-refractivity contribution in [2.24, 2.45) is 5.92 Å². The minimum absolute atomic E-state index is 0.0757. The summed E-state index contributed by atoms with van der Waals surface area (Å²) in [6.45, 7) is 10.9. The van der Waals surface area contributed by atoms with Gasteiger partial charge in [0, 0.05) is 18.5 Å². The first kappa shape index (κ1) is 25.7. The number of unbranched alkanes of at least 4 members (excludes halogenated alkanes) is 2. The number of aryl methyl sites for hydroxylation is 1. The van der Waals surface area contributed by atoms with Gasteiger partial charge in [0.2, 0.25) is 0 Å². The topological polar surface area (TPSA) is 84.7 Å². The molecule has 0 atom stereocenters. The van der Waals surface area contributed by atoms with E-state index in [2.05, 4.69) is 17.2 Å². The quantitative estimate of drug-likeness (QED) is 0.304. The number of Topliss-reactive ketones (excluding diaryl/α,β-unsaturated/α-hetero) is 1. The highest BCUT2D eigenvalue weighted by Crippen LogP contribution is 2.03. The van der Waals surface area contributed by atoms with Gasteiger partial charge < -0.3 is 18.9 Å². The highest BCUT2D eigenvalue weighted by molar-refractivity contribution is 5.80. The molecule has 0 N–H and O–H groups in total. The van der Waals surface area contributed by atoms with E-state index in [0.717, 1.165) is 12.1 Å². The Kier molecular flexibility index (Phi) is 15.5. The molecular weight excluding hydrogens is 374 g/mol.